The molecule has 156 valence electrons. The van der Waals surface area contributed by atoms with Crippen LogP contribution in [0.4, 0.5) is 11.4 Å². The summed E-state index contributed by atoms with van der Waals surface area (Å²) >= 11 is 0. The second-order valence-corrected chi connectivity index (χ2v) is 8.86. The second kappa shape index (κ2) is 8.17. The van der Waals surface area contributed by atoms with Crippen LogP contribution >= 0.6 is 0 Å². The molecule has 7 heteroatoms. The Hall–Kier alpha value is -3.76. The van der Waals surface area contributed by atoms with Gasteiger partial charge in [0.05, 0.1) is 23.3 Å². The Labute approximate surface area is 181 Å². The molecule has 1 aliphatic rings. The van der Waals surface area contributed by atoms with Gasteiger partial charge in [-0.2, -0.15) is 0 Å². The number of terminal acetylenes is 1. The van der Waals surface area contributed by atoms with Gasteiger partial charge in [0.1, 0.15) is 5.75 Å². The van der Waals surface area contributed by atoms with E-state index in [0.29, 0.717) is 29.9 Å². The number of carbonyl (C=O) groups excluding carboxylic acids is 1. The number of nitrogens with zero attached hydrogens (tertiary/aromatic N) is 1. The summed E-state index contributed by atoms with van der Waals surface area (Å²) in [6.07, 6.45) is 6.06. The number of hydrogen-bond acceptors (Lipinski definition) is 4. The third-order valence-corrected chi connectivity index (χ3v) is 6.94. The fourth-order valence-corrected chi connectivity index (χ4v) is 5.13. The van der Waals surface area contributed by atoms with Crippen molar-refractivity contribution in [2.75, 3.05) is 23.3 Å². The largest absolute Gasteiger partial charge is 0.496 e. The van der Waals surface area contributed by atoms with E-state index in [-0.39, 0.29) is 16.2 Å². The zero-order chi connectivity index (χ0) is 22.0. The number of rotatable bonds is 5. The van der Waals surface area contributed by atoms with Gasteiger partial charge in [-0.15, -0.1) is 6.42 Å². The molecule has 0 atom stereocenters. The molecule has 1 N–H and O–H groups in total. The Bertz CT molecular complexity index is 1310. The van der Waals surface area contributed by atoms with Crippen molar-refractivity contribution in [3.63, 3.8) is 0 Å². The predicted octanol–water partition coefficient (Wildman–Crippen LogP) is 3.68. The molecule has 3 aromatic rings. The SMILES string of the molecule is C#Cc1cccc(NC(=O)c2cc(S(=O)(=O)N3CCc4ccccc43)ccc2OC)c1. The van der Waals surface area contributed by atoms with E-state index in [4.69, 9.17) is 11.2 Å². The summed E-state index contributed by atoms with van der Waals surface area (Å²) in [6, 6.07) is 18.5. The van der Waals surface area contributed by atoms with Crippen molar-refractivity contribution in [2.24, 2.45) is 0 Å². The number of hydrogen-bond donors (Lipinski definition) is 1. The van der Waals surface area contributed by atoms with E-state index in [1.165, 1.54) is 29.6 Å². The molecule has 0 aromatic heterocycles. The van der Waals surface area contributed by atoms with Crippen LogP contribution in [0, 0.1) is 12.3 Å². The summed E-state index contributed by atoms with van der Waals surface area (Å²) in [5.74, 6) is 2.28. The molecular formula is C24H20N2O4S. The Balaban J connectivity index is 1.69. The van der Waals surface area contributed by atoms with Crippen LogP contribution in [0.2, 0.25) is 0 Å². The first-order chi connectivity index (χ1) is 14.9. The number of fused-ring (bicyclic) bond motifs is 1. The predicted molar refractivity (Wildman–Crippen MR) is 120 cm³/mol. The summed E-state index contributed by atoms with van der Waals surface area (Å²) in [4.78, 5) is 13.0. The van der Waals surface area contributed by atoms with Crippen molar-refractivity contribution in [3.8, 4) is 18.1 Å². The van der Waals surface area contributed by atoms with Gasteiger partial charge in [-0.3, -0.25) is 9.10 Å². The quantitative estimate of drug-likeness (QED) is 0.624. The van der Waals surface area contributed by atoms with Crippen molar-refractivity contribution >= 4 is 27.3 Å². The van der Waals surface area contributed by atoms with Crippen LogP contribution in [0.15, 0.2) is 71.6 Å². The van der Waals surface area contributed by atoms with Crippen LogP contribution in [0.25, 0.3) is 0 Å². The van der Waals surface area contributed by atoms with Crippen LogP contribution in [0.3, 0.4) is 0 Å². The van der Waals surface area contributed by atoms with Crippen LogP contribution in [0.5, 0.6) is 5.75 Å². The van der Waals surface area contributed by atoms with Crippen molar-refractivity contribution in [1.29, 1.82) is 0 Å². The topological polar surface area (TPSA) is 75.7 Å². The van der Waals surface area contributed by atoms with E-state index < -0.39 is 15.9 Å². The lowest BCUT2D eigenvalue weighted by Crippen LogP contribution is -2.29. The molecule has 0 aliphatic carbocycles. The van der Waals surface area contributed by atoms with Gasteiger partial charge in [0.15, 0.2) is 0 Å². The lowest BCUT2D eigenvalue weighted by Gasteiger charge is -2.20. The molecule has 4 rings (SSSR count). The van der Waals surface area contributed by atoms with Crippen molar-refractivity contribution in [3.05, 3.63) is 83.4 Å². The Morgan fingerprint density at radius 3 is 2.68 bits per heavy atom. The number of benzene rings is 3. The van der Waals surface area contributed by atoms with Gasteiger partial charge in [-0.25, -0.2) is 8.42 Å². The van der Waals surface area contributed by atoms with Crippen molar-refractivity contribution in [2.45, 2.75) is 11.3 Å². The molecule has 0 spiro atoms. The number of para-hydroxylation sites is 1. The normalized spacial score (nSPS) is 12.7. The highest BCUT2D eigenvalue weighted by Crippen LogP contribution is 2.34. The molecule has 0 unspecified atom stereocenters. The summed E-state index contributed by atoms with van der Waals surface area (Å²) in [6.45, 7) is 0.355. The number of nitrogens with one attached hydrogen (secondary N) is 1. The zero-order valence-corrected chi connectivity index (χ0v) is 17.6. The highest BCUT2D eigenvalue weighted by Gasteiger charge is 2.31. The summed E-state index contributed by atoms with van der Waals surface area (Å²) in [7, 11) is -2.42. The highest BCUT2D eigenvalue weighted by atomic mass is 32.2. The lowest BCUT2D eigenvalue weighted by molar-refractivity contribution is 0.102. The molecule has 31 heavy (non-hydrogen) atoms. The molecule has 0 bridgehead atoms. The minimum absolute atomic E-state index is 0.0209. The molecular weight excluding hydrogens is 412 g/mol. The molecule has 1 heterocycles. The first kappa shape index (κ1) is 20.5. The van der Waals surface area contributed by atoms with Crippen LogP contribution < -0.4 is 14.4 Å². The van der Waals surface area contributed by atoms with Gasteiger partial charge in [0, 0.05) is 17.8 Å². The maximum Gasteiger partial charge on any atom is 0.264 e. The van der Waals surface area contributed by atoms with E-state index in [1.807, 2.05) is 18.2 Å². The number of ether oxygens (including phenoxy) is 1. The molecule has 0 radical (unpaired) electrons. The molecule has 1 aliphatic heterocycles. The van der Waals surface area contributed by atoms with Crippen LogP contribution in [0.1, 0.15) is 21.5 Å². The van der Waals surface area contributed by atoms with E-state index in [2.05, 4.69) is 11.2 Å². The van der Waals surface area contributed by atoms with Gasteiger partial charge in [-0.05, 0) is 54.4 Å². The van der Waals surface area contributed by atoms with E-state index in [1.54, 1.807) is 30.3 Å². The average molecular weight is 433 g/mol. The average Bonchev–Trinajstić information content (AvgIpc) is 3.23. The maximum atomic E-state index is 13.3. The molecule has 0 fully saturated rings. The van der Waals surface area contributed by atoms with E-state index in [9.17, 15) is 13.2 Å². The summed E-state index contributed by atoms with van der Waals surface area (Å²) in [5, 5.41) is 2.75. The first-order valence-electron chi connectivity index (χ1n) is 9.61. The number of amides is 1. The summed E-state index contributed by atoms with van der Waals surface area (Å²) in [5.41, 5.74) is 2.88. The maximum absolute atomic E-state index is 13.3. The van der Waals surface area contributed by atoms with Gasteiger partial charge < -0.3 is 10.1 Å². The number of anilines is 2. The zero-order valence-electron chi connectivity index (χ0n) is 16.8. The summed E-state index contributed by atoms with van der Waals surface area (Å²) < 4.78 is 33.4. The minimum Gasteiger partial charge on any atom is -0.496 e. The number of carbonyl (C=O) groups is 1. The molecule has 0 saturated heterocycles. The standard InChI is InChI=1S/C24H20N2O4S/c1-3-17-7-6-9-19(15-17)25-24(27)21-16-20(11-12-23(21)30-2)31(28,29)26-14-13-18-8-4-5-10-22(18)26/h1,4-12,15-16H,13-14H2,2H3,(H,25,27). The minimum atomic E-state index is -3.85. The molecule has 6 nitrogen and oxygen atoms in total. The number of sulfonamides is 1. The third-order valence-electron chi connectivity index (χ3n) is 5.14. The van der Waals surface area contributed by atoms with Gasteiger partial charge >= 0.3 is 0 Å². The fraction of sp³-hybridized carbons (Fsp3) is 0.125. The van der Waals surface area contributed by atoms with Gasteiger partial charge in [0.25, 0.3) is 15.9 Å². The Morgan fingerprint density at radius 1 is 1.10 bits per heavy atom. The molecule has 0 saturated carbocycles. The lowest BCUT2D eigenvalue weighted by atomic mass is 10.1. The molecule has 1 amide bonds. The van der Waals surface area contributed by atoms with Crippen LogP contribution in [-0.4, -0.2) is 28.0 Å². The highest BCUT2D eigenvalue weighted by molar-refractivity contribution is 7.92. The third kappa shape index (κ3) is 3.86. The second-order valence-electron chi connectivity index (χ2n) is 7.00. The van der Waals surface area contributed by atoms with E-state index >= 15 is 0 Å². The van der Waals surface area contributed by atoms with Crippen molar-refractivity contribution in [1.82, 2.24) is 0 Å². The monoisotopic (exact) mass is 432 g/mol. The Morgan fingerprint density at radius 2 is 1.90 bits per heavy atom. The van der Waals surface area contributed by atoms with Gasteiger partial charge in [0.2, 0.25) is 0 Å². The van der Waals surface area contributed by atoms with Crippen LogP contribution in [-0.2, 0) is 16.4 Å². The fourth-order valence-electron chi connectivity index (χ4n) is 3.60. The first-order valence-corrected chi connectivity index (χ1v) is 11.0. The number of methoxy groups -OCH3 is 1. The molecule has 3 aromatic carbocycles. The Kier molecular flexibility index (Phi) is 5.40. The van der Waals surface area contributed by atoms with Gasteiger partial charge in [-0.1, -0.05) is 30.2 Å². The van der Waals surface area contributed by atoms with Crippen molar-refractivity contribution < 1.29 is 17.9 Å². The smallest absolute Gasteiger partial charge is 0.264 e. The van der Waals surface area contributed by atoms with E-state index in [0.717, 1.165) is 5.56 Å².